The highest BCUT2D eigenvalue weighted by atomic mass is 32.1. The summed E-state index contributed by atoms with van der Waals surface area (Å²) >= 11 is 1.46. The molecule has 1 amide bonds. The minimum Gasteiger partial charge on any atom is -0.431 e. The summed E-state index contributed by atoms with van der Waals surface area (Å²) in [6.07, 6.45) is 12.4. The molecule has 0 aliphatic heterocycles. The highest BCUT2D eigenvalue weighted by molar-refractivity contribution is 7.11. The second kappa shape index (κ2) is 12.5. The molecule has 0 aliphatic rings. The summed E-state index contributed by atoms with van der Waals surface area (Å²) in [6.45, 7) is 2.80. The van der Waals surface area contributed by atoms with Crippen LogP contribution >= 0.6 is 11.3 Å². The Morgan fingerprint density at radius 1 is 1.04 bits per heavy atom. The molecule has 0 radical (unpaired) electrons. The SMILES string of the molecule is CCCCCCCCCCC(=O)NCc1ccc(Oc2nccs2)cc1. The van der Waals surface area contributed by atoms with E-state index in [0.717, 1.165) is 24.2 Å². The van der Waals surface area contributed by atoms with Crippen molar-refractivity contribution in [1.82, 2.24) is 10.3 Å². The van der Waals surface area contributed by atoms with Gasteiger partial charge in [-0.15, -0.1) is 0 Å². The first-order chi connectivity index (χ1) is 12.8. The van der Waals surface area contributed by atoms with E-state index in [1.165, 1.54) is 49.9 Å². The number of unbranched alkanes of at least 4 members (excludes halogenated alkanes) is 7. The smallest absolute Gasteiger partial charge is 0.278 e. The number of amides is 1. The van der Waals surface area contributed by atoms with Crippen LogP contribution in [0.3, 0.4) is 0 Å². The number of carbonyl (C=O) groups excluding carboxylic acids is 1. The summed E-state index contributed by atoms with van der Waals surface area (Å²) < 4.78 is 5.63. The molecule has 0 saturated carbocycles. The number of rotatable bonds is 13. The maximum absolute atomic E-state index is 11.9. The van der Waals surface area contributed by atoms with Crippen LogP contribution < -0.4 is 10.1 Å². The molecule has 1 heterocycles. The van der Waals surface area contributed by atoms with Crippen molar-refractivity contribution in [2.45, 2.75) is 71.3 Å². The van der Waals surface area contributed by atoms with Crippen LogP contribution in [0.5, 0.6) is 10.9 Å². The Morgan fingerprint density at radius 2 is 1.73 bits per heavy atom. The van der Waals surface area contributed by atoms with Crippen LogP contribution in [-0.2, 0) is 11.3 Å². The first kappa shape index (κ1) is 20.4. The quantitative estimate of drug-likeness (QED) is 0.432. The predicted molar refractivity (Wildman–Crippen MR) is 108 cm³/mol. The number of aromatic nitrogens is 1. The third kappa shape index (κ3) is 8.48. The molecule has 142 valence electrons. The van der Waals surface area contributed by atoms with Crippen molar-refractivity contribution in [1.29, 1.82) is 0 Å². The van der Waals surface area contributed by atoms with Gasteiger partial charge in [-0.1, -0.05) is 75.3 Å². The number of nitrogens with zero attached hydrogens (tertiary/aromatic N) is 1. The van der Waals surface area contributed by atoms with Crippen molar-refractivity contribution < 1.29 is 9.53 Å². The van der Waals surface area contributed by atoms with Crippen LogP contribution in [0, 0.1) is 0 Å². The Kier molecular flexibility index (Phi) is 9.80. The van der Waals surface area contributed by atoms with E-state index in [2.05, 4.69) is 17.2 Å². The average molecular weight is 375 g/mol. The van der Waals surface area contributed by atoms with Crippen LogP contribution in [0.25, 0.3) is 0 Å². The molecule has 4 nitrogen and oxygen atoms in total. The molecule has 26 heavy (non-hydrogen) atoms. The minimum absolute atomic E-state index is 0.138. The van der Waals surface area contributed by atoms with Crippen LogP contribution in [0.1, 0.15) is 70.3 Å². The lowest BCUT2D eigenvalue weighted by atomic mass is 10.1. The van der Waals surface area contributed by atoms with E-state index >= 15 is 0 Å². The van der Waals surface area contributed by atoms with Gasteiger partial charge in [0.15, 0.2) is 0 Å². The van der Waals surface area contributed by atoms with E-state index in [1.54, 1.807) is 6.20 Å². The van der Waals surface area contributed by atoms with Crippen molar-refractivity contribution >= 4 is 17.2 Å². The largest absolute Gasteiger partial charge is 0.431 e. The first-order valence-electron chi connectivity index (χ1n) is 9.71. The lowest BCUT2D eigenvalue weighted by Crippen LogP contribution is -2.22. The summed E-state index contributed by atoms with van der Waals surface area (Å²) in [5.41, 5.74) is 1.07. The number of benzene rings is 1. The summed E-state index contributed by atoms with van der Waals surface area (Å²) in [4.78, 5) is 16.0. The lowest BCUT2D eigenvalue weighted by Gasteiger charge is -2.07. The van der Waals surface area contributed by atoms with E-state index in [0.29, 0.717) is 18.2 Å². The second-order valence-electron chi connectivity index (χ2n) is 6.55. The van der Waals surface area contributed by atoms with Crippen molar-refractivity contribution in [2.75, 3.05) is 0 Å². The van der Waals surface area contributed by atoms with E-state index in [4.69, 9.17) is 4.74 Å². The topological polar surface area (TPSA) is 51.2 Å². The molecule has 0 spiro atoms. The molecule has 0 fully saturated rings. The summed E-state index contributed by atoms with van der Waals surface area (Å²) in [5.74, 6) is 0.896. The molecule has 2 aromatic rings. The Morgan fingerprint density at radius 3 is 2.38 bits per heavy atom. The molecule has 1 aromatic carbocycles. The number of thiazole rings is 1. The molecule has 0 atom stereocenters. The monoisotopic (exact) mass is 374 g/mol. The summed E-state index contributed by atoms with van der Waals surface area (Å²) in [7, 11) is 0. The zero-order chi connectivity index (χ0) is 18.5. The van der Waals surface area contributed by atoms with Gasteiger partial charge in [0.1, 0.15) is 5.75 Å². The van der Waals surface area contributed by atoms with Crippen molar-refractivity contribution in [2.24, 2.45) is 0 Å². The zero-order valence-corrected chi connectivity index (χ0v) is 16.5. The third-order valence-electron chi connectivity index (χ3n) is 4.29. The standard InChI is InChI=1S/C21H30N2O2S/c1-2-3-4-5-6-7-8-9-10-20(24)23-17-18-11-13-19(14-12-18)25-21-22-15-16-26-21/h11-16H,2-10,17H2,1H3,(H,23,24). The van der Waals surface area contributed by atoms with Gasteiger partial charge in [-0.25, -0.2) is 4.98 Å². The first-order valence-corrected chi connectivity index (χ1v) is 10.6. The van der Waals surface area contributed by atoms with Gasteiger partial charge in [0.2, 0.25) is 5.91 Å². The Bertz CT molecular complexity index is 611. The molecule has 5 heteroatoms. The van der Waals surface area contributed by atoms with E-state index in [-0.39, 0.29) is 5.91 Å². The minimum atomic E-state index is 0.138. The maximum Gasteiger partial charge on any atom is 0.278 e. The molecule has 1 N–H and O–H groups in total. The van der Waals surface area contributed by atoms with Crippen LogP contribution in [-0.4, -0.2) is 10.9 Å². The van der Waals surface area contributed by atoms with Crippen molar-refractivity contribution in [3.63, 3.8) is 0 Å². The molecule has 0 unspecified atom stereocenters. The predicted octanol–water partition coefficient (Wildman–Crippen LogP) is 6.08. The van der Waals surface area contributed by atoms with Crippen LogP contribution in [0.4, 0.5) is 0 Å². The Labute approximate surface area is 161 Å². The fraction of sp³-hybridized carbons (Fsp3) is 0.524. The van der Waals surface area contributed by atoms with Crippen molar-refractivity contribution in [3.8, 4) is 10.9 Å². The van der Waals surface area contributed by atoms with Gasteiger partial charge < -0.3 is 10.1 Å². The molecule has 0 aliphatic carbocycles. The number of nitrogens with one attached hydrogen (secondary N) is 1. The van der Waals surface area contributed by atoms with E-state index in [9.17, 15) is 4.79 Å². The maximum atomic E-state index is 11.9. The Balaban J connectivity index is 1.54. The third-order valence-corrected chi connectivity index (χ3v) is 4.93. The Hall–Kier alpha value is -1.88. The second-order valence-corrected chi connectivity index (χ2v) is 7.40. The van der Waals surface area contributed by atoms with E-state index in [1.807, 2.05) is 29.6 Å². The molecular formula is C21H30N2O2S. The normalized spacial score (nSPS) is 10.7. The number of hydrogen-bond acceptors (Lipinski definition) is 4. The molecule has 1 aromatic heterocycles. The number of ether oxygens (including phenoxy) is 1. The zero-order valence-electron chi connectivity index (χ0n) is 15.7. The lowest BCUT2D eigenvalue weighted by molar-refractivity contribution is -0.121. The van der Waals surface area contributed by atoms with Crippen molar-refractivity contribution in [3.05, 3.63) is 41.4 Å². The molecule has 0 bridgehead atoms. The summed E-state index contributed by atoms with van der Waals surface area (Å²) in [6, 6.07) is 7.75. The molecule has 2 rings (SSSR count). The summed E-state index contributed by atoms with van der Waals surface area (Å²) in [5, 5.41) is 5.51. The van der Waals surface area contributed by atoms with Crippen LogP contribution in [0.15, 0.2) is 35.8 Å². The van der Waals surface area contributed by atoms with E-state index < -0.39 is 0 Å². The van der Waals surface area contributed by atoms with Crippen LogP contribution in [0.2, 0.25) is 0 Å². The van der Waals surface area contributed by atoms with Gasteiger partial charge in [-0.3, -0.25) is 4.79 Å². The number of carbonyl (C=O) groups is 1. The van der Waals surface area contributed by atoms with Gasteiger partial charge in [0.25, 0.3) is 5.19 Å². The molecule has 0 saturated heterocycles. The van der Waals surface area contributed by atoms with Gasteiger partial charge in [0, 0.05) is 24.5 Å². The van der Waals surface area contributed by atoms with Gasteiger partial charge in [-0.05, 0) is 24.1 Å². The highest BCUT2D eigenvalue weighted by Crippen LogP contribution is 2.23. The van der Waals surface area contributed by atoms with Gasteiger partial charge >= 0.3 is 0 Å². The van der Waals surface area contributed by atoms with Gasteiger partial charge in [-0.2, -0.15) is 0 Å². The number of hydrogen-bond donors (Lipinski definition) is 1. The van der Waals surface area contributed by atoms with Gasteiger partial charge in [0.05, 0.1) is 0 Å². The fourth-order valence-corrected chi connectivity index (χ4v) is 3.25. The molecular weight excluding hydrogens is 344 g/mol. The fourth-order valence-electron chi connectivity index (χ4n) is 2.75. The highest BCUT2D eigenvalue weighted by Gasteiger charge is 2.03. The average Bonchev–Trinajstić information content (AvgIpc) is 3.16.